The Labute approximate surface area is 583 Å². The van der Waals surface area contributed by atoms with Crippen LogP contribution in [0.1, 0.15) is 483 Å². The zero-order valence-electron chi connectivity index (χ0n) is 63.3. The smallest absolute Gasteiger partial charge is 0.305 e. The fourth-order valence-corrected chi connectivity index (χ4v) is 13.7. The molecule has 550 valence electrons. The zero-order chi connectivity index (χ0) is 67.0. The molecule has 0 fully saturated rings. The fourth-order valence-electron chi connectivity index (χ4n) is 13.7. The maximum Gasteiger partial charge on any atom is 0.305 e. The van der Waals surface area contributed by atoms with Crippen molar-refractivity contribution in [2.45, 2.75) is 495 Å². The Morgan fingerprint density at radius 3 is 0.839 bits per heavy atom. The normalized spacial score (nSPS) is 12.6. The Bertz CT molecular complexity index is 1510. The first kappa shape index (κ1) is 91.1. The molecule has 0 bridgehead atoms. The van der Waals surface area contributed by atoms with Gasteiger partial charge >= 0.3 is 5.97 Å². The summed E-state index contributed by atoms with van der Waals surface area (Å²) in [5.41, 5.74) is 0. The highest BCUT2D eigenvalue weighted by Gasteiger charge is 2.20. The van der Waals surface area contributed by atoms with Crippen LogP contribution >= 0.6 is 0 Å². The zero-order valence-corrected chi connectivity index (χ0v) is 63.3. The summed E-state index contributed by atoms with van der Waals surface area (Å²) in [7, 11) is 0. The number of esters is 1. The van der Waals surface area contributed by atoms with Crippen molar-refractivity contribution in [3.63, 3.8) is 0 Å². The van der Waals surface area contributed by atoms with Gasteiger partial charge in [-0.05, 0) is 83.5 Å². The third-order valence-corrected chi connectivity index (χ3v) is 20.2. The Hall–Kier alpha value is -1.92. The van der Waals surface area contributed by atoms with E-state index in [0.717, 1.165) is 51.4 Å². The van der Waals surface area contributed by atoms with Crippen molar-refractivity contribution in [3.05, 3.63) is 36.5 Å². The number of allylic oxidation sites excluding steroid dienone is 6. The number of carbonyl (C=O) groups excluding carboxylic acids is 2. The number of unbranched alkanes of at least 4 members (excludes halogenated alkanes) is 64. The lowest BCUT2D eigenvalue weighted by molar-refractivity contribution is -0.143. The molecule has 0 aliphatic heterocycles. The van der Waals surface area contributed by atoms with E-state index in [1.165, 1.54) is 398 Å². The van der Waals surface area contributed by atoms with Crippen molar-refractivity contribution in [2.75, 3.05) is 13.2 Å². The third kappa shape index (κ3) is 79.0. The van der Waals surface area contributed by atoms with Crippen molar-refractivity contribution >= 4 is 11.9 Å². The molecule has 0 spiro atoms. The van der Waals surface area contributed by atoms with Crippen LogP contribution in [0.5, 0.6) is 0 Å². The molecule has 0 aliphatic carbocycles. The van der Waals surface area contributed by atoms with Crippen LogP contribution in [0.3, 0.4) is 0 Å². The highest BCUT2D eigenvalue weighted by atomic mass is 16.5. The summed E-state index contributed by atoms with van der Waals surface area (Å²) < 4.78 is 5.51. The van der Waals surface area contributed by atoms with Gasteiger partial charge in [-0.2, -0.15) is 0 Å². The number of ether oxygens (including phenoxy) is 1. The second-order valence-electron chi connectivity index (χ2n) is 29.5. The summed E-state index contributed by atoms with van der Waals surface area (Å²) in [6.07, 6.45) is 108. The Balaban J connectivity index is 3.32. The van der Waals surface area contributed by atoms with E-state index in [1.807, 2.05) is 0 Å². The van der Waals surface area contributed by atoms with Crippen LogP contribution in [-0.2, 0) is 14.3 Å². The maximum atomic E-state index is 12.6. The number of nitrogens with one attached hydrogen (secondary N) is 1. The van der Waals surface area contributed by atoms with Gasteiger partial charge in [0.15, 0.2) is 0 Å². The largest absolute Gasteiger partial charge is 0.466 e. The van der Waals surface area contributed by atoms with Crippen LogP contribution in [0.2, 0.25) is 0 Å². The molecule has 1 amide bonds. The number of aliphatic hydroxyl groups is 2. The predicted molar refractivity (Wildman–Crippen MR) is 412 cm³/mol. The van der Waals surface area contributed by atoms with Crippen molar-refractivity contribution in [1.29, 1.82) is 0 Å². The average Bonchev–Trinajstić information content (AvgIpc) is 3.74. The average molecular weight is 1310 g/mol. The molecule has 93 heavy (non-hydrogen) atoms. The molecule has 0 heterocycles. The van der Waals surface area contributed by atoms with Gasteiger partial charge in [-0.15, -0.1) is 0 Å². The van der Waals surface area contributed by atoms with Crippen LogP contribution < -0.4 is 5.32 Å². The van der Waals surface area contributed by atoms with Crippen molar-refractivity contribution in [3.8, 4) is 0 Å². The van der Waals surface area contributed by atoms with Crippen LogP contribution in [0, 0.1) is 0 Å². The van der Waals surface area contributed by atoms with E-state index < -0.39 is 12.1 Å². The highest BCUT2D eigenvalue weighted by Crippen LogP contribution is 2.20. The van der Waals surface area contributed by atoms with Gasteiger partial charge in [-0.25, -0.2) is 0 Å². The molecule has 3 N–H and O–H groups in total. The van der Waals surface area contributed by atoms with Gasteiger partial charge in [0.25, 0.3) is 0 Å². The van der Waals surface area contributed by atoms with Gasteiger partial charge in [0.05, 0.1) is 25.4 Å². The van der Waals surface area contributed by atoms with Crippen molar-refractivity contribution < 1.29 is 24.5 Å². The minimum Gasteiger partial charge on any atom is -0.466 e. The van der Waals surface area contributed by atoms with E-state index in [-0.39, 0.29) is 18.5 Å². The lowest BCUT2D eigenvalue weighted by atomic mass is 10.0. The van der Waals surface area contributed by atoms with Gasteiger partial charge in [0.2, 0.25) is 5.91 Å². The molecule has 6 heteroatoms. The molecule has 0 aliphatic rings. The molecular weight excluding hydrogens is 1140 g/mol. The van der Waals surface area contributed by atoms with Gasteiger partial charge in [0, 0.05) is 12.8 Å². The lowest BCUT2D eigenvalue weighted by Crippen LogP contribution is -2.45. The van der Waals surface area contributed by atoms with E-state index in [9.17, 15) is 19.8 Å². The Morgan fingerprint density at radius 2 is 0.538 bits per heavy atom. The monoisotopic (exact) mass is 1310 g/mol. The number of hydrogen-bond donors (Lipinski definition) is 3. The molecule has 0 saturated heterocycles. The van der Waals surface area contributed by atoms with E-state index in [0.29, 0.717) is 25.9 Å². The van der Waals surface area contributed by atoms with E-state index in [2.05, 4.69) is 55.6 Å². The standard InChI is InChI=1S/C87H167NO5/c1-3-5-7-9-11-13-15-17-19-21-44-47-51-55-59-63-67-71-75-79-85(90)84(83-89)88-86(91)80-76-72-68-64-60-56-52-48-45-42-40-38-36-34-32-30-28-26-24-23-25-27-29-31-33-35-37-39-41-43-46-50-54-58-62-66-70-74-78-82-93-87(92)81-77-73-69-65-61-57-53-49-22-20-18-16-14-12-10-8-6-4-2/h14,16,20,22-24,84-85,89-90H,3-13,15,17-19,21,25-83H2,1-2H3,(H,88,91)/b16-14-,22-20-,24-23-. The van der Waals surface area contributed by atoms with Crippen LogP contribution in [0.25, 0.3) is 0 Å². The van der Waals surface area contributed by atoms with Gasteiger partial charge in [0.1, 0.15) is 0 Å². The number of carbonyl (C=O) groups is 2. The molecule has 0 aromatic heterocycles. The van der Waals surface area contributed by atoms with Gasteiger partial charge in [-0.3, -0.25) is 9.59 Å². The van der Waals surface area contributed by atoms with Gasteiger partial charge < -0.3 is 20.3 Å². The summed E-state index contributed by atoms with van der Waals surface area (Å²) in [5, 5.41) is 23.4. The molecule has 0 saturated carbocycles. The van der Waals surface area contributed by atoms with E-state index in [1.54, 1.807) is 0 Å². The summed E-state index contributed by atoms with van der Waals surface area (Å²) in [5.74, 6) is -0.00970. The minimum atomic E-state index is -0.662. The quantitative estimate of drug-likeness (QED) is 0.0320. The highest BCUT2D eigenvalue weighted by molar-refractivity contribution is 5.76. The maximum absolute atomic E-state index is 12.6. The SMILES string of the molecule is CCCCCC/C=C\C/C=C\CCCCCCCCCC(=O)OCCCCCCCCCCCCCCCCCCCC/C=C\CCCCCCCCCCCCCCCCCCCC(=O)NC(CO)C(O)CCCCCCCCCCCCCCCCCCCCC. The topological polar surface area (TPSA) is 95.9 Å². The second-order valence-corrected chi connectivity index (χ2v) is 29.5. The molecule has 2 unspecified atom stereocenters. The number of rotatable bonds is 81. The summed E-state index contributed by atoms with van der Waals surface area (Å²) in [6, 6.07) is -0.539. The molecule has 0 radical (unpaired) electrons. The van der Waals surface area contributed by atoms with Gasteiger partial charge in [-0.1, -0.05) is 423 Å². The lowest BCUT2D eigenvalue weighted by Gasteiger charge is -2.22. The third-order valence-electron chi connectivity index (χ3n) is 20.2. The molecule has 2 atom stereocenters. The number of hydrogen-bond acceptors (Lipinski definition) is 5. The van der Waals surface area contributed by atoms with Crippen LogP contribution in [-0.4, -0.2) is 47.4 Å². The van der Waals surface area contributed by atoms with Crippen molar-refractivity contribution in [2.24, 2.45) is 0 Å². The first-order chi connectivity index (χ1) is 46.0. The molecule has 0 rings (SSSR count). The Morgan fingerprint density at radius 1 is 0.301 bits per heavy atom. The van der Waals surface area contributed by atoms with Crippen molar-refractivity contribution in [1.82, 2.24) is 5.32 Å². The number of aliphatic hydroxyl groups excluding tert-OH is 2. The summed E-state index contributed by atoms with van der Waals surface area (Å²) >= 11 is 0. The van der Waals surface area contributed by atoms with E-state index >= 15 is 0 Å². The predicted octanol–water partition coefficient (Wildman–Crippen LogP) is 28.6. The molecular formula is C87H167NO5. The van der Waals surface area contributed by atoms with Crippen LogP contribution in [0.4, 0.5) is 0 Å². The number of amides is 1. The minimum absolute atomic E-state index is 0.0159. The summed E-state index contributed by atoms with van der Waals surface area (Å²) in [4.78, 5) is 24.7. The second kappa shape index (κ2) is 82.5. The molecule has 6 nitrogen and oxygen atoms in total. The fraction of sp³-hybridized carbons (Fsp3) is 0.908. The van der Waals surface area contributed by atoms with Crippen LogP contribution in [0.15, 0.2) is 36.5 Å². The Kier molecular flexibility index (Phi) is 80.8. The molecule has 0 aromatic carbocycles. The molecule has 0 aromatic rings. The first-order valence-electron chi connectivity index (χ1n) is 42.7. The van der Waals surface area contributed by atoms with E-state index in [4.69, 9.17) is 4.74 Å². The summed E-state index contributed by atoms with van der Waals surface area (Å²) in [6.45, 7) is 4.99. The first-order valence-corrected chi connectivity index (χ1v) is 42.7.